The highest BCUT2D eigenvalue weighted by Crippen LogP contribution is 2.23. The van der Waals surface area contributed by atoms with Gasteiger partial charge in [-0.1, -0.05) is 6.58 Å². The van der Waals surface area contributed by atoms with E-state index in [1.165, 1.54) is 0 Å². The molecule has 6 heteroatoms. The predicted molar refractivity (Wildman–Crippen MR) is 73.1 cm³/mol. The Balaban J connectivity index is 2.12. The molecule has 2 aromatic rings. The van der Waals surface area contributed by atoms with E-state index in [9.17, 15) is 0 Å². The number of azide groups is 1. The maximum absolute atomic E-state index is 8.33. The van der Waals surface area contributed by atoms with Crippen LogP contribution in [0.5, 0.6) is 5.75 Å². The molecule has 0 saturated carbocycles. The van der Waals surface area contributed by atoms with Crippen LogP contribution in [0.2, 0.25) is 0 Å². The summed E-state index contributed by atoms with van der Waals surface area (Å²) in [5, 5.41) is 10.2. The molecule has 0 bridgehead atoms. The fourth-order valence-corrected chi connectivity index (χ4v) is 1.49. The van der Waals surface area contributed by atoms with E-state index in [1.807, 2.05) is 31.2 Å². The van der Waals surface area contributed by atoms with Crippen molar-refractivity contribution in [3.8, 4) is 17.0 Å². The molecular formula is C13H13N5O. The molecule has 0 atom stereocenters. The van der Waals surface area contributed by atoms with Crippen molar-refractivity contribution in [2.75, 3.05) is 6.61 Å². The summed E-state index contributed by atoms with van der Waals surface area (Å²) in [6.07, 6.45) is 0. The van der Waals surface area contributed by atoms with Crippen molar-refractivity contribution in [1.82, 2.24) is 10.2 Å². The molecule has 0 fully saturated rings. The molecule has 0 saturated heterocycles. The Morgan fingerprint density at radius 1 is 1.47 bits per heavy atom. The van der Waals surface area contributed by atoms with Gasteiger partial charge in [0.1, 0.15) is 18.2 Å². The van der Waals surface area contributed by atoms with Crippen LogP contribution in [0, 0.1) is 0 Å². The molecule has 96 valence electrons. The Hall–Kier alpha value is -2.72. The zero-order chi connectivity index (χ0) is 13.7. The lowest BCUT2D eigenvalue weighted by atomic mass is 10.1. The number of aromatic amines is 1. The summed E-state index contributed by atoms with van der Waals surface area (Å²) in [7, 11) is 0. The van der Waals surface area contributed by atoms with Crippen LogP contribution in [0.4, 0.5) is 5.82 Å². The van der Waals surface area contributed by atoms with Crippen LogP contribution in [0.15, 0.2) is 47.6 Å². The molecule has 2 rings (SSSR count). The van der Waals surface area contributed by atoms with Crippen molar-refractivity contribution in [2.45, 2.75) is 6.92 Å². The third-order valence-electron chi connectivity index (χ3n) is 2.35. The molecule has 1 heterocycles. The van der Waals surface area contributed by atoms with E-state index in [-0.39, 0.29) is 0 Å². The van der Waals surface area contributed by atoms with Crippen molar-refractivity contribution in [2.24, 2.45) is 5.11 Å². The van der Waals surface area contributed by atoms with Gasteiger partial charge in [0.15, 0.2) is 0 Å². The summed E-state index contributed by atoms with van der Waals surface area (Å²) in [5.41, 5.74) is 10.9. The molecular weight excluding hydrogens is 242 g/mol. The predicted octanol–water partition coefficient (Wildman–Crippen LogP) is 3.97. The quantitative estimate of drug-likeness (QED) is 0.379. The third kappa shape index (κ3) is 3.37. The Morgan fingerprint density at radius 3 is 2.84 bits per heavy atom. The summed E-state index contributed by atoms with van der Waals surface area (Å²) in [6, 6.07) is 9.19. The van der Waals surface area contributed by atoms with Crippen LogP contribution < -0.4 is 4.74 Å². The molecule has 0 amide bonds. The zero-order valence-corrected chi connectivity index (χ0v) is 10.5. The molecule has 1 N–H and O–H groups in total. The number of ether oxygens (including phenoxy) is 1. The van der Waals surface area contributed by atoms with Gasteiger partial charge in [-0.05, 0) is 53.5 Å². The second-order valence-electron chi connectivity index (χ2n) is 4.10. The lowest BCUT2D eigenvalue weighted by Gasteiger charge is -2.05. The van der Waals surface area contributed by atoms with Gasteiger partial charge in [0, 0.05) is 10.5 Å². The molecule has 1 aromatic carbocycles. The maximum atomic E-state index is 8.33. The highest BCUT2D eigenvalue weighted by molar-refractivity contribution is 5.62. The van der Waals surface area contributed by atoms with E-state index < -0.39 is 0 Å². The standard InChI is InChI=1S/C13H13N5O/c1-9(2)8-19-11-5-3-10(4-6-11)12-7-13(16-15-12)17-18-14/h3-7H,1,8H2,2H3,(H,15,16). The Kier molecular flexibility index (Phi) is 3.85. The number of nitrogens with zero attached hydrogens (tertiary/aromatic N) is 4. The molecule has 0 aliphatic carbocycles. The van der Waals surface area contributed by atoms with Gasteiger partial charge in [-0.3, -0.25) is 5.10 Å². The summed E-state index contributed by atoms with van der Waals surface area (Å²) >= 11 is 0. The van der Waals surface area contributed by atoms with E-state index in [0.29, 0.717) is 18.1 Å². The van der Waals surface area contributed by atoms with Gasteiger partial charge in [-0.25, -0.2) is 0 Å². The van der Waals surface area contributed by atoms with Crippen molar-refractivity contribution in [3.05, 3.63) is 52.9 Å². The number of benzene rings is 1. The molecule has 0 spiro atoms. The maximum Gasteiger partial charge on any atom is 0.122 e. The molecule has 1 aromatic heterocycles. The summed E-state index contributed by atoms with van der Waals surface area (Å²) in [4.78, 5) is 2.69. The number of H-pyrrole nitrogens is 1. The summed E-state index contributed by atoms with van der Waals surface area (Å²) in [6.45, 7) is 6.19. The lowest BCUT2D eigenvalue weighted by molar-refractivity contribution is 0.353. The minimum atomic E-state index is 0.389. The van der Waals surface area contributed by atoms with E-state index >= 15 is 0 Å². The van der Waals surface area contributed by atoms with E-state index in [1.54, 1.807) is 6.07 Å². The number of hydrogen-bond acceptors (Lipinski definition) is 3. The first kappa shape index (κ1) is 12.7. The zero-order valence-electron chi connectivity index (χ0n) is 10.5. The lowest BCUT2D eigenvalue weighted by Crippen LogP contribution is -1.97. The minimum absolute atomic E-state index is 0.389. The van der Waals surface area contributed by atoms with E-state index in [0.717, 1.165) is 16.9 Å². The Bertz CT molecular complexity index is 623. The van der Waals surface area contributed by atoms with Crippen LogP contribution in [-0.2, 0) is 0 Å². The van der Waals surface area contributed by atoms with Crippen LogP contribution in [0.25, 0.3) is 21.7 Å². The van der Waals surface area contributed by atoms with Gasteiger partial charge in [0.05, 0.1) is 5.69 Å². The summed E-state index contributed by atoms with van der Waals surface area (Å²) < 4.78 is 5.51. The van der Waals surface area contributed by atoms with Crippen LogP contribution >= 0.6 is 0 Å². The van der Waals surface area contributed by atoms with Crippen molar-refractivity contribution in [3.63, 3.8) is 0 Å². The first-order valence-electron chi connectivity index (χ1n) is 5.67. The topological polar surface area (TPSA) is 86.7 Å². The summed E-state index contributed by atoms with van der Waals surface area (Å²) in [5.74, 6) is 1.16. The fraction of sp³-hybridized carbons (Fsp3) is 0.154. The van der Waals surface area contributed by atoms with Gasteiger partial charge in [0.2, 0.25) is 0 Å². The molecule has 19 heavy (non-hydrogen) atoms. The largest absolute Gasteiger partial charge is 0.489 e. The second-order valence-corrected chi connectivity index (χ2v) is 4.10. The van der Waals surface area contributed by atoms with Crippen LogP contribution in [0.1, 0.15) is 6.92 Å². The monoisotopic (exact) mass is 255 g/mol. The number of nitrogens with one attached hydrogen (secondary N) is 1. The first-order chi connectivity index (χ1) is 9.19. The molecule has 0 radical (unpaired) electrons. The SMILES string of the molecule is C=C(C)COc1ccc(-c2cc(N=[N+]=[N-])[nH]n2)cc1. The molecule has 0 aliphatic heterocycles. The first-order valence-corrected chi connectivity index (χ1v) is 5.67. The van der Waals surface area contributed by atoms with Crippen molar-refractivity contribution < 1.29 is 4.74 Å². The van der Waals surface area contributed by atoms with Gasteiger partial charge in [0.25, 0.3) is 0 Å². The fourth-order valence-electron chi connectivity index (χ4n) is 1.49. The number of aromatic nitrogens is 2. The highest BCUT2D eigenvalue weighted by Gasteiger charge is 2.03. The number of hydrogen-bond donors (Lipinski definition) is 1. The van der Waals surface area contributed by atoms with Gasteiger partial charge >= 0.3 is 0 Å². The van der Waals surface area contributed by atoms with Crippen molar-refractivity contribution >= 4 is 5.82 Å². The van der Waals surface area contributed by atoms with Crippen LogP contribution in [-0.4, -0.2) is 16.8 Å². The second kappa shape index (κ2) is 5.75. The van der Waals surface area contributed by atoms with Gasteiger partial charge in [-0.2, -0.15) is 5.10 Å². The highest BCUT2D eigenvalue weighted by atomic mass is 16.5. The molecule has 0 aliphatic rings. The van der Waals surface area contributed by atoms with Gasteiger partial charge < -0.3 is 4.74 Å². The van der Waals surface area contributed by atoms with E-state index in [4.69, 9.17) is 10.3 Å². The Morgan fingerprint density at radius 2 is 2.21 bits per heavy atom. The molecule has 0 unspecified atom stereocenters. The normalized spacial score (nSPS) is 9.74. The Labute approximate surface area is 110 Å². The van der Waals surface area contributed by atoms with Crippen molar-refractivity contribution in [1.29, 1.82) is 0 Å². The smallest absolute Gasteiger partial charge is 0.122 e. The van der Waals surface area contributed by atoms with Crippen LogP contribution in [0.3, 0.4) is 0 Å². The van der Waals surface area contributed by atoms with Gasteiger partial charge in [-0.15, -0.1) is 0 Å². The van der Waals surface area contributed by atoms with E-state index in [2.05, 4.69) is 26.8 Å². The minimum Gasteiger partial charge on any atom is -0.489 e. The average Bonchev–Trinajstić information content (AvgIpc) is 2.86. The third-order valence-corrected chi connectivity index (χ3v) is 2.35. The number of rotatable bonds is 5. The average molecular weight is 255 g/mol. The molecule has 6 nitrogen and oxygen atoms in total.